The molecule has 0 saturated heterocycles. The summed E-state index contributed by atoms with van der Waals surface area (Å²) in [6.07, 6.45) is 0. The van der Waals surface area contributed by atoms with Gasteiger partial charge in [-0.3, -0.25) is 0 Å². The second-order valence-electron chi connectivity index (χ2n) is 5.10. The van der Waals surface area contributed by atoms with Gasteiger partial charge in [0.05, 0.1) is 22.4 Å². The van der Waals surface area contributed by atoms with Crippen molar-refractivity contribution in [2.75, 3.05) is 11.1 Å². The molecule has 0 spiro atoms. The van der Waals surface area contributed by atoms with Gasteiger partial charge in [0.25, 0.3) is 0 Å². The quantitative estimate of drug-likeness (QED) is 0.834. The molecule has 2 aromatic carbocycles. The van der Waals surface area contributed by atoms with Gasteiger partial charge in [-0.05, 0) is 52.2 Å². The lowest BCUT2D eigenvalue weighted by molar-refractivity contribution is 0.598. The number of anilines is 1. The van der Waals surface area contributed by atoms with Crippen LogP contribution in [-0.2, 0) is 9.84 Å². The largest absolute Gasteiger partial charge is 0.376 e. The second-order valence-corrected chi connectivity index (χ2v) is 8.36. The van der Waals surface area contributed by atoms with Gasteiger partial charge >= 0.3 is 0 Å². The highest BCUT2D eigenvalue weighted by atomic mass is 79.9. The molecule has 0 fully saturated rings. The topological polar surface area (TPSA) is 46.2 Å². The fraction of sp³-hybridized carbons (Fsp3) is 0.200. The number of benzene rings is 2. The first kappa shape index (κ1) is 14.9. The molecular weight excluding hydrogens is 374 g/mol. The van der Waals surface area contributed by atoms with Crippen LogP contribution < -0.4 is 5.32 Å². The van der Waals surface area contributed by atoms with Gasteiger partial charge in [-0.1, -0.05) is 29.8 Å². The van der Waals surface area contributed by atoms with Crippen LogP contribution in [-0.4, -0.2) is 14.2 Å². The molecule has 2 aromatic rings. The molecule has 1 atom stereocenters. The van der Waals surface area contributed by atoms with Crippen LogP contribution in [0.15, 0.2) is 45.8 Å². The molecule has 0 bridgehead atoms. The maximum atomic E-state index is 12.2. The van der Waals surface area contributed by atoms with Gasteiger partial charge in [-0.2, -0.15) is 0 Å². The minimum atomic E-state index is -3.22. The van der Waals surface area contributed by atoms with Crippen molar-refractivity contribution in [3.63, 3.8) is 0 Å². The van der Waals surface area contributed by atoms with E-state index in [2.05, 4.69) is 21.2 Å². The van der Waals surface area contributed by atoms with Crippen molar-refractivity contribution in [1.82, 2.24) is 0 Å². The monoisotopic (exact) mass is 385 g/mol. The van der Waals surface area contributed by atoms with Crippen molar-refractivity contribution >= 4 is 43.1 Å². The van der Waals surface area contributed by atoms with Gasteiger partial charge in [0.2, 0.25) is 0 Å². The molecule has 0 saturated carbocycles. The molecule has 110 valence electrons. The fourth-order valence-electron chi connectivity index (χ4n) is 2.51. The Balaban J connectivity index is 2.00. The highest BCUT2D eigenvalue weighted by Crippen LogP contribution is 2.38. The third-order valence-corrected chi connectivity index (χ3v) is 6.47. The summed E-state index contributed by atoms with van der Waals surface area (Å²) in [5, 5.41) is 3.93. The summed E-state index contributed by atoms with van der Waals surface area (Å²) < 4.78 is 25.2. The molecule has 3 nitrogen and oxygen atoms in total. The number of nitrogens with one attached hydrogen (secondary N) is 1. The van der Waals surface area contributed by atoms with Crippen molar-refractivity contribution in [2.24, 2.45) is 0 Å². The number of aryl methyl sites for hydroxylation is 1. The van der Waals surface area contributed by atoms with Gasteiger partial charge in [-0.15, -0.1) is 0 Å². The summed E-state index contributed by atoms with van der Waals surface area (Å²) in [6.45, 7) is 1.92. The lowest BCUT2D eigenvalue weighted by Crippen LogP contribution is -2.13. The van der Waals surface area contributed by atoms with E-state index in [4.69, 9.17) is 11.6 Å². The van der Waals surface area contributed by atoms with Crippen LogP contribution >= 0.6 is 27.5 Å². The number of rotatable bonds is 2. The molecule has 1 heterocycles. The summed E-state index contributed by atoms with van der Waals surface area (Å²) >= 11 is 9.63. The summed E-state index contributed by atoms with van der Waals surface area (Å²) in [6, 6.07) is 10.6. The van der Waals surface area contributed by atoms with Crippen LogP contribution in [0.2, 0.25) is 5.02 Å². The van der Waals surface area contributed by atoms with E-state index in [1.54, 1.807) is 12.1 Å². The Morgan fingerprint density at radius 2 is 2.00 bits per heavy atom. The summed E-state index contributed by atoms with van der Waals surface area (Å²) in [5.74, 6) is 0.0598. The molecule has 1 aliphatic rings. The zero-order valence-electron chi connectivity index (χ0n) is 11.2. The smallest absolute Gasteiger partial charge is 0.181 e. The molecule has 0 aliphatic carbocycles. The van der Waals surface area contributed by atoms with Crippen LogP contribution in [0.5, 0.6) is 0 Å². The number of hydrogen-bond donors (Lipinski definition) is 1. The maximum absolute atomic E-state index is 12.2. The molecule has 1 N–H and O–H groups in total. The zero-order chi connectivity index (χ0) is 15.2. The summed E-state index contributed by atoms with van der Waals surface area (Å²) in [4.78, 5) is 0.414. The van der Waals surface area contributed by atoms with Gasteiger partial charge in [0.15, 0.2) is 9.84 Å². The molecule has 1 unspecified atom stereocenters. The van der Waals surface area contributed by atoms with Gasteiger partial charge in [0.1, 0.15) is 0 Å². The van der Waals surface area contributed by atoms with Crippen LogP contribution in [0.25, 0.3) is 0 Å². The first-order valence-electron chi connectivity index (χ1n) is 6.42. The highest BCUT2D eigenvalue weighted by Gasteiger charge is 2.34. The molecule has 0 amide bonds. The van der Waals surface area contributed by atoms with Crippen LogP contribution in [0.4, 0.5) is 5.69 Å². The molecule has 0 aromatic heterocycles. The molecule has 21 heavy (non-hydrogen) atoms. The molecule has 1 aliphatic heterocycles. The second kappa shape index (κ2) is 5.30. The summed E-state index contributed by atoms with van der Waals surface area (Å²) in [7, 11) is -3.22. The van der Waals surface area contributed by atoms with E-state index in [-0.39, 0.29) is 11.8 Å². The predicted octanol–water partition coefficient (Wildman–Crippen LogP) is 4.35. The maximum Gasteiger partial charge on any atom is 0.181 e. The number of sulfone groups is 1. The lowest BCUT2D eigenvalue weighted by atomic mass is 10.1. The van der Waals surface area contributed by atoms with Crippen LogP contribution in [0, 0.1) is 6.92 Å². The number of fused-ring (bicyclic) bond motifs is 1. The first-order valence-corrected chi connectivity index (χ1v) is 9.24. The van der Waals surface area contributed by atoms with Gasteiger partial charge in [0, 0.05) is 9.50 Å². The van der Waals surface area contributed by atoms with Gasteiger partial charge < -0.3 is 5.32 Å². The third-order valence-electron chi connectivity index (χ3n) is 3.59. The van der Waals surface area contributed by atoms with Crippen molar-refractivity contribution < 1.29 is 8.42 Å². The minimum absolute atomic E-state index is 0.0598. The van der Waals surface area contributed by atoms with Crippen molar-refractivity contribution in [2.45, 2.75) is 17.9 Å². The fourth-order valence-corrected chi connectivity index (χ4v) is 4.99. The normalized spacial score (nSPS) is 19.3. The van der Waals surface area contributed by atoms with Gasteiger partial charge in [-0.25, -0.2) is 8.42 Å². The average molecular weight is 387 g/mol. The van der Waals surface area contributed by atoms with Crippen LogP contribution in [0.1, 0.15) is 17.2 Å². The Kier molecular flexibility index (Phi) is 3.76. The molecule has 3 rings (SSSR count). The average Bonchev–Trinajstić information content (AvgIpc) is 2.68. The van der Waals surface area contributed by atoms with E-state index < -0.39 is 9.84 Å². The van der Waals surface area contributed by atoms with Crippen molar-refractivity contribution in [3.05, 3.63) is 57.0 Å². The van der Waals surface area contributed by atoms with Crippen LogP contribution in [0.3, 0.4) is 0 Å². The van der Waals surface area contributed by atoms with Crippen molar-refractivity contribution in [1.29, 1.82) is 0 Å². The Bertz CT molecular complexity index is 820. The van der Waals surface area contributed by atoms with E-state index in [0.29, 0.717) is 9.92 Å². The Labute approximate surface area is 137 Å². The Morgan fingerprint density at radius 1 is 1.29 bits per heavy atom. The van der Waals surface area contributed by atoms with E-state index in [1.807, 2.05) is 31.2 Å². The Hall–Kier alpha value is -1.04. The van der Waals surface area contributed by atoms with E-state index in [9.17, 15) is 8.42 Å². The lowest BCUT2D eigenvalue weighted by Gasteiger charge is -2.16. The summed E-state index contributed by atoms with van der Waals surface area (Å²) in [5.41, 5.74) is 2.57. The standard InChI is InChI=1S/C15H13BrClNO2S/c1-9-6-11(16)13(7-12(9)17)18-14-8-21(19,20)15-5-3-2-4-10(14)15/h2-7,14,18H,8H2,1H3. The zero-order valence-corrected chi connectivity index (χ0v) is 14.4. The molecule has 0 radical (unpaired) electrons. The minimum Gasteiger partial charge on any atom is -0.376 e. The SMILES string of the molecule is Cc1cc(Br)c(NC2CS(=O)(=O)c3ccccc32)cc1Cl. The molecule has 6 heteroatoms. The highest BCUT2D eigenvalue weighted by molar-refractivity contribution is 9.10. The van der Waals surface area contributed by atoms with E-state index in [1.165, 1.54) is 0 Å². The number of halogens is 2. The number of hydrogen-bond acceptors (Lipinski definition) is 3. The van der Waals surface area contributed by atoms with E-state index in [0.717, 1.165) is 21.3 Å². The Morgan fingerprint density at radius 3 is 2.76 bits per heavy atom. The van der Waals surface area contributed by atoms with Crippen molar-refractivity contribution in [3.8, 4) is 0 Å². The predicted molar refractivity (Wildman–Crippen MR) is 88.7 cm³/mol. The third kappa shape index (κ3) is 2.70. The van der Waals surface area contributed by atoms with E-state index >= 15 is 0 Å². The first-order chi connectivity index (χ1) is 9.88. The molecular formula is C15H13BrClNO2S.